The Balaban J connectivity index is 0.000000197. The van der Waals surface area contributed by atoms with Crippen LogP contribution in [-0.2, 0) is 22.6 Å². The minimum absolute atomic E-state index is 0.216. The van der Waals surface area contributed by atoms with Crippen molar-refractivity contribution in [3.05, 3.63) is 127 Å². The van der Waals surface area contributed by atoms with E-state index in [1.807, 2.05) is 36.4 Å². The summed E-state index contributed by atoms with van der Waals surface area (Å²) in [5.74, 6) is -0.216. The molecule has 4 aromatic carbocycles. The molecule has 8 nitrogen and oxygen atoms in total. The number of nitrogen functional groups attached to an aromatic ring is 1. The van der Waals surface area contributed by atoms with Gasteiger partial charge in [-0.3, -0.25) is 19.4 Å². The number of ether oxygens (including phenoxy) is 2. The molecular formula is C40H45Cl5N4O4. The first kappa shape index (κ1) is 42.8. The van der Waals surface area contributed by atoms with Gasteiger partial charge < -0.3 is 20.5 Å². The normalized spacial score (nSPS) is 16.5. The summed E-state index contributed by atoms with van der Waals surface area (Å²) >= 11 is 28.2. The number of carbonyl (C=O) groups is 2. The van der Waals surface area contributed by atoms with E-state index in [9.17, 15) is 9.59 Å². The summed E-state index contributed by atoms with van der Waals surface area (Å²) < 4.78 is 11.3. The van der Waals surface area contributed by atoms with E-state index in [1.54, 1.807) is 18.2 Å². The van der Waals surface area contributed by atoms with Crippen LogP contribution < -0.4 is 11.1 Å². The van der Waals surface area contributed by atoms with Crippen molar-refractivity contribution < 1.29 is 19.1 Å². The molecule has 2 heterocycles. The Labute approximate surface area is 337 Å². The molecular weight excluding hydrogens is 778 g/mol. The lowest BCUT2D eigenvalue weighted by atomic mass is 10.1. The van der Waals surface area contributed by atoms with Crippen LogP contribution in [0.25, 0.3) is 0 Å². The molecule has 6 rings (SSSR count). The summed E-state index contributed by atoms with van der Waals surface area (Å²) in [5, 5.41) is 3.87. The fourth-order valence-electron chi connectivity index (χ4n) is 5.80. The van der Waals surface area contributed by atoms with Crippen molar-refractivity contribution in [1.82, 2.24) is 9.80 Å². The summed E-state index contributed by atoms with van der Waals surface area (Å²) in [6.07, 6.45) is 5.49. The largest absolute Gasteiger partial charge is 0.399 e. The molecule has 2 aliphatic rings. The van der Waals surface area contributed by atoms with Crippen molar-refractivity contribution in [3.63, 3.8) is 0 Å². The van der Waals surface area contributed by atoms with E-state index in [4.69, 9.17) is 73.2 Å². The summed E-state index contributed by atoms with van der Waals surface area (Å²) in [7, 11) is 4.24. The maximum atomic E-state index is 12.3. The van der Waals surface area contributed by atoms with E-state index in [2.05, 4.69) is 41.3 Å². The molecule has 53 heavy (non-hydrogen) atoms. The molecule has 0 spiro atoms. The van der Waals surface area contributed by atoms with E-state index >= 15 is 0 Å². The Morgan fingerprint density at radius 3 is 1.57 bits per heavy atom. The smallest absolute Gasteiger partial charge is 0.255 e. The van der Waals surface area contributed by atoms with Crippen LogP contribution in [0, 0.1) is 0 Å². The number of rotatable bonds is 11. The molecule has 0 aliphatic carbocycles. The third kappa shape index (κ3) is 15.0. The van der Waals surface area contributed by atoms with Gasteiger partial charge in [-0.15, -0.1) is 0 Å². The van der Waals surface area contributed by atoms with Crippen molar-refractivity contribution in [2.24, 2.45) is 0 Å². The number of amides is 1. The van der Waals surface area contributed by atoms with Crippen LogP contribution in [0.1, 0.15) is 57.5 Å². The van der Waals surface area contributed by atoms with Crippen molar-refractivity contribution >= 4 is 80.5 Å². The van der Waals surface area contributed by atoms with Crippen molar-refractivity contribution in [2.45, 2.75) is 51.0 Å². The molecule has 13 heteroatoms. The second kappa shape index (κ2) is 21.9. The SMILES string of the molecule is CN(Cc1ccc(N)cc1)C[C@@H]1CCCO1.CN(Cc1ccc(NC(=O)c2ccc(Cl)c(Cl)c2)cc1)C[C@@H]1CCCO1.O=C(Cl)c1ccc(Cl)c(Cl)c1. The highest BCUT2D eigenvalue weighted by Gasteiger charge is 2.18. The molecule has 2 fully saturated rings. The Morgan fingerprint density at radius 1 is 0.679 bits per heavy atom. The van der Waals surface area contributed by atoms with Crippen LogP contribution in [0.2, 0.25) is 20.1 Å². The zero-order valence-corrected chi connectivity index (χ0v) is 33.6. The number of nitrogens with two attached hydrogens (primary N) is 1. The van der Waals surface area contributed by atoms with Gasteiger partial charge in [-0.05, 0) is 123 Å². The second-order valence-electron chi connectivity index (χ2n) is 13.1. The van der Waals surface area contributed by atoms with Crippen LogP contribution in [-0.4, -0.2) is 73.6 Å². The van der Waals surface area contributed by atoms with Gasteiger partial charge in [0.25, 0.3) is 11.1 Å². The second-order valence-corrected chi connectivity index (χ2v) is 15.1. The van der Waals surface area contributed by atoms with Gasteiger partial charge in [-0.2, -0.15) is 0 Å². The molecule has 0 unspecified atom stereocenters. The first-order valence-corrected chi connectivity index (χ1v) is 19.2. The third-order valence-electron chi connectivity index (χ3n) is 8.50. The average Bonchev–Trinajstić information content (AvgIpc) is 3.84. The van der Waals surface area contributed by atoms with Crippen molar-refractivity contribution in [1.29, 1.82) is 0 Å². The number of benzene rings is 4. The monoisotopic (exact) mass is 820 g/mol. The number of hydrogen-bond acceptors (Lipinski definition) is 7. The fourth-order valence-corrected chi connectivity index (χ4v) is 6.51. The van der Waals surface area contributed by atoms with Gasteiger partial charge in [0.2, 0.25) is 0 Å². The molecule has 0 radical (unpaired) electrons. The molecule has 3 N–H and O–H groups in total. The molecule has 0 bridgehead atoms. The van der Waals surface area contributed by atoms with Gasteiger partial charge >= 0.3 is 0 Å². The average molecular weight is 823 g/mol. The number of halogens is 5. The summed E-state index contributed by atoms with van der Waals surface area (Å²) in [6.45, 7) is 5.58. The molecule has 2 aliphatic heterocycles. The van der Waals surface area contributed by atoms with Crippen LogP contribution in [0.3, 0.4) is 0 Å². The number of anilines is 2. The van der Waals surface area contributed by atoms with Gasteiger partial charge in [0.1, 0.15) is 0 Å². The Bertz CT molecular complexity index is 1770. The van der Waals surface area contributed by atoms with Crippen LogP contribution in [0.5, 0.6) is 0 Å². The van der Waals surface area contributed by atoms with E-state index < -0.39 is 5.24 Å². The zero-order chi connectivity index (χ0) is 38.3. The zero-order valence-electron chi connectivity index (χ0n) is 29.8. The topological polar surface area (TPSA) is 97.1 Å². The molecule has 1 amide bonds. The lowest BCUT2D eigenvalue weighted by molar-refractivity contribution is 0.0791. The summed E-state index contributed by atoms with van der Waals surface area (Å²) in [4.78, 5) is 27.4. The van der Waals surface area contributed by atoms with Gasteiger partial charge in [0.15, 0.2) is 0 Å². The first-order chi connectivity index (χ1) is 25.4. The van der Waals surface area contributed by atoms with E-state index in [0.29, 0.717) is 43.4 Å². The Hall–Kier alpha value is -2.89. The highest BCUT2D eigenvalue weighted by atomic mass is 35.5. The molecule has 2 saturated heterocycles. The fraction of sp³-hybridized carbons (Fsp3) is 0.350. The number of nitrogens with zero attached hydrogens (tertiary/aromatic N) is 2. The first-order valence-electron chi connectivity index (χ1n) is 17.3. The lowest BCUT2D eigenvalue weighted by Crippen LogP contribution is -2.28. The van der Waals surface area contributed by atoms with Gasteiger partial charge in [0, 0.05) is 61.9 Å². The maximum absolute atomic E-state index is 12.3. The van der Waals surface area contributed by atoms with Gasteiger partial charge in [-0.1, -0.05) is 70.7 Å². The highest BCUT2D eigenvalue weighted by Crippen LogP contribution is 2.24. The van der Waals surface area contributed by atoms with E-state index in [1.165, 1.54) is 42.2 Å². The van der Waals surface area contributed by atoms with E-state index in [-0.39, 0.29) is 5.91 Å². The standard InChI is InChI=1S/C20H22Cl2N2O2.C13H20N2O.C7H3Cl3O/c1-24(13-17-3-2-10-26-17)12-14-4-7-16(8-5-14)23-20(25)15-6-9-18(21)19(22)11-15;1-15(10-13-3-2-8-16-13)9-11-4-6-12(14)7-5-11;8-5-2-1-4(7(10)11)3-6(5)9/h4-9,11,17H,2-3,10,12-13H2,1H3,(H,23,25);4-7,13H,2-3,8-10,14H2,1H3;1-3H/t17-;13-;/m00./s1. The third-order valence-corrected chi connectivity index (χ3v) is 10.2. The van der Waals surface area contributed by atoms with E-state index in [0.717, 1.165) is 63.6 Å². The molecule has 2 atom stereocenters. The number of nitrogens with one attached hydrogen (secondary N) is 1. The molecule has 284 valence electrons. The van der Waals surface area contributed by atoms with Crippen LogP contribution in [0.15, 0.2) is 84.9 Å². The van der Waals surface area contributed by atoms with Gasteiger partial charge in [-0.25, -0.2) is 0 Å². The number of hydrogen-bond donors (Lipinski definition) is 2. The van der Waals surface area contributed by atoms with Crippen molar-refractivity contribution in [3.8, 4) is 0 Å². The summed E-state index contributed by atoms with van der Waals surface area (Å²) in [5.41, 5.74) is 10.5. The predicted octanol–water partition coefficient (Wildman–Crippen LogP) is 10.1. The highest BCUT2D eigenvalue weighted by molar-refractivity contribution is 6.67. The van der Waals surface area contributed by atoms with Gasteiger partial charge in [0.05, 0.1) is 32.3 Å². The quantitative estimate of drug-likeness (QED) is 0.115. The van der Waals surface area contributed by atoms with Crippen LogP contribution >= 0.6 is 58.0 Å². The Morgan fingerprint density at radius 2 is 1.13 bits per heavy atom. The number of carbonyl (C=O) groups excluding carboxylic acids is 2. The maximum Gasteiger partial charge on any atom is 0.255 e. The number of likely N-dealkylation sites (N-methyl/N-ethyl adjacent to an activating group) is 2. The predicted molar refractivity (Wildman–Crippen MR) is 219 cm³/mol. The Kier molecular flexibility index (Phi) is 17.7. The van der Waals surface area contributed by atoms with Crippen LogP contribution in [0.4, 0.5) is 11.4 Å². The minimum Gasteiger partial charge on any atom is -0.399 e. The molecule has 4 aromatic rings. The molecule has 0 saturated carbocycles. The molecule has 0 aromatic heterocycles. The van der Waals surface area contributed by atoms with Crippen molar-refractivity contribution in [2.75, 3.05) is 51.4 Å². The lowest BCUT2D eigenvalue weighted by Gasteiger charge is -2.20. The minimum atomic E-state index is -0.538. The summed E-state index contributed by atoms with van der Waals surface area (Å²) in [6, 6.07) is 25.2.